The Balaban J connectivity index is 1.96. The summed E-state index contributed by atoms with van der Waals surface area (Å²) in [4.78, 5) is 16.8. The number of carboxylic acid groups (broad SMARTS) is 1. The Morgan fingerprint density at radius 1 is 1.56 bits per heavy atom. The first kappa shape index (κ1) is 12.8. The number of carbonyl (C=O) groups is 1. The standard InChI is InChI=1S/C12H14N2O3S/c1-8-9(3-4-17-8)5-14(2)6-10-7-18-11(13-10)12(15)16/h3-4,7H,5-6H2,1-2H3,(H,15,16). The Labute approximate surface area is 109 Å². The van der Waals surface area contributed by atoms with Crippen molar-refractivity contribution in [2.45, 2.75) is 20.0 Å². The highest BCUT2D eigenvalue weighted by molar-refractivity contribution is 7.11. The molecule has 5 nitrogen and oxygen atoms in total. The highest BCUT2D eigenvalue weighted by Crippen LogP contribution is 2.15. The third kappa shape index (κ3) is 2.96. The fraction of sp³-hybridized carbons (Fsp3) is 0.333. The van der Waals surface area contributed by atoms with E-state index in [1.54, 1.807) is 11.6 Å². The van der Waals surface area contributed by atoms with Crippen LogP contribution in [0, 0.1) is 6.92 Å². The molecule has 0 aromatic carbocycles. The molecule has 2 aromatic rings. The van der Waals surface area contributed by atoms with Gasteiger partial charge in [0.2, 0.25) is 5.01 Å². The molecule has 1 N–H and O–H groups in total. The van der Waals surface area contributed by atoms with Gasteiger partial charge in [-0.05, 0) is 20.0 Å². The van der Waals surface area contributed by atoms with Crippen LogP contribution in [0.25, 0.3) is 0 Å². The summed E-state index contributed by atoms with van der Waals surface area (Å²) in [6.45, 7) is 3.30. The zero-order chi connectivity index (χ0) is 13.1. The van der Waals surface area contributed by atoms with E-state index in [0.29, 0.717) is 6.54 Å². The van der Waals surface area contributed by atoms with E-state index in [1.165, 1.54) is 0 Å². The van der Waals surface area contributed by atoms with Crippen molar-refractivity contribution in [3.63, 3.8) is 0 Å². The van der Waals surface area contributed by atoms with Crippen LogP contribution in [0.1, 0.15) is 26.8 Å². The van der Waals surface area contributed by atoms with E-state index in [1.807, 2.05) is 20.0 Å². The van der Waals surface area contributed by atoms with Gasteiger partial charge in [0.1, 0.15) is 5.76 Å². The van der Waals surface area contributed by atoms with Gasteiger partial charge in [0, 0.05) is 24.0 Å². The molecular weight excluding hydrogens is 252 g/mol. The number of aromatic carboxylic acids is 1. The maximum absolute atomic E-state index is 10.7. The molecule has 96 valence electrons. The number of aromatic nitrogens is 1. The first-order valence-corrected chi connectivity index (χ1v) is 6.33. The van der Waals surface area contributed by atoms with Gasteiger partial charge in [-0.25, -0.2) is 9.78 Å². The lowest BCUT2D eigenvalue weighted by Crippen LogP contribution is -2.17. The summed E-state index contributed by atoms with van der Waals surface area (Å²) in [5.74, 6) is -0.0639. The summed E-state index contributed by atoms with van der Waals surface area (Å²) in [7, 11) is 1.96. The number of thiazole rings is 1. The molecule has 0 amide bonds. The van der Waals surface area contributed by atoms with Crippen molar-refractivity contribution in [3.8, 4) is 0 Å². The molecule has 0 fully saturated rings. The summed E-state index contributed by atoms with van der Waals surface area (Å²) in [5, 5.41) is 10.7. The summed E-state index contributed by atoms with van der Waals surface area (Å²) in [6, 6.07) is 1.94. The Bertz CT molecular complexity index is 547. The third-order valence-corrected chi connectivity index (χ3v) is 3.45. The monoisotopic (exact) mass is 266 g/mol. The lowest BCUT2D eigenvalue weighted by atomic mass is 10.2. The molecule has 2 rings (SSSR count). The van der Waals surface area contributed by atoms with E-state index in [4.69, 9.17) is 9.52 Å². The van der Waals surface area contributed by atoms with Gasteiger partial charge in [0.15, 0.2) is 0 Å². The van der Waals surface area contributed by atoms with Crippen molar-refractivity contribution < 1.29 is 14.3 Å². The second kappa shape index (κ2) is 5.32. The molecule has 2 aromatic heterocycles. The largest absolute Gasteiger partial charge is 0.476 e. The Morgan fingerprint density at radius 2 is 2.33 bits per heavy atom. The molecule has 0 atom stereocenters. The first-order chi connectivity index (χ1) is 8.56. The Morgan fingerprint density at radius 3 is 2.89 bits per heavy atom. The van der Waals surface area contributed by atoms with Crippen LogP contribution in [0.5, 0.6) is 0 Å². The number of nitrogens with zero attached hydrogens (tertiary/aromatic N) is 2. The number of furan rings is 1. The maximum atomic E-state index is 10.7. The van der Waals surface area contributed by atoms with Gasteiger partial charge < -0.3 is 9.52 Å². The lowest BCUT2D eigenvalue weighted by Gasteiger charge is -2.14. The van der Waals surface area contributed by atoms with Crippen molar-refractivity contribution in [1.82, 2.24) is 9.88 Å². The molecule has 0 unspecified atom stereocenters. The van der Waals surface area contributed by atoms with Crippen LogP contribution >= 0.6 is 11.3 Å². The minimum absolute atomic E-state index is 0.137. The van der Waals surface area contributed by atoms with E-state index in [0.717, 1.165) is 34.9 Å². The van der Waals surface area contributed by atoms with Gasteiger partial charge >= 0.3 is 5.97 Å². The fourth-order valence-electron chi connectivity index (χ4n) is 1.68. The topological polar surface area (TPSA) is 66.6 Å². The van der Waals surface area contributed by atoms with E-state index in [-0.39, 0.29) is 5.01 Å². The predicted octanol–water partition coefficient (Wildman–Crippen LogP) is 2.37. The van der Waals surface area contributed by atoms with Crippen molar-refractivity contribution >= 4 is 17.3 Å². The molecule has 0 bridgehead atoms. The SMILES string of the molecule is Cc1occc1CN(C)Cc1csc(C(=O)O)n1. The second-order valence-electron chi connectivity index (χ2n) is 4.12. The predicted molar refractivity (Wildman–Crippen MR) is 67.7 cm³/mol. The number of aryl methyl sites for hydroxylation is 1. The highest BCUT2D eigenvalue weighted by Gasteiger charge is 2.11. The third-order valence-electron chi connectivity index (χ3n) is 2.57. The van der Waals surface area contributed by atoms with Gasteiger partial charge in [-0.1, -0.05) is 0 Å². The molecule has 0 aliphatic heterocycles. The maximum Gasteiger partial charge on any atom is 0.365 e. The molecule has 0 radical (unpaired) electrons. The molecule has 0 spiro atoms. The van der Waals surface area contributed by atoms with E-state index >= 15 is 0 Å². The summed E-state index contributed by atoms with van der Waals surface area (Å²) >= 11 is 1.15. The molecule has 0 saturated carbocycles. The van der Waals surface area contributed by atoms with Crippen LogP contribution in [0.2, 0.25) is 0 Å². The number of carboxylic acids is 1. The Hall–Kier alpha value is -1.66. The van der Waals surface area contributed by atoms with Gasteiger partial charge in [-0.3, -0.25) is 4.90 Å². The van der Waals surface area contributed by atoms with E-state index in [2.05, 4.69) is 9.88 Å². The minimum atomic E-state index is -0.973. The van der Waals surface area contributed by atoms with Gasteiger partial charge in [0.25, 0.3) is 0 Å². The van der Waals surface area contributed by atoms with Crippen LogP contribution in [0.15, 0.2) is 22.1 Å². The summed E-state index contributed by atoms with van der Waals surface area (Å²) < 4.78 is 5.23. The fourth-order valence-corrected chi connectivity index (χ4v) is 2.32. The van der Waals surface area contributed by atoms with Crippen LogP contribution in [-0.2, 0) is 13.1 Å². The quantitative estimate of drug-likeness (QED) is 0.900. The molecule has 2 heterocycles. The van der Waals surface area contributed by atoms with E-state index in [9.17, 15) is 4.79 Å². The first-order valence-electron chi connectivity index (χ1n) is 5.45. The number of rotatable bonds is 5. The summed E-state index contributed by atoms with van der Waals surface area (Å²) in [5.41, 5.74) is 1.91. The van der Waals surface area contributed by atoms with Crippen molar-refractivity contribution in [3.05, 3.63) is 39.7 Å². The lowest BCUT2D eigenvalue weighted by molar-refractivity contribution is 0.0696. The van der Waals surface area contributed by atoms with Crippen LogP contribution in [-0.4, -0.2) is 28.0 Å². The molecule has 0 saturated heterocycles. The Kier molecular flexibility index (Phi) is 3.78. The summed E-state index contributed by atoms with van der Waals surface area (Å²) in [6.07, 6.45) is 1.67. The van der Waals surface area contributed by atoms with Crippen LogP contribution in [0.3, 0.4) is 0 Å². The molecule has 18 heavy (non-hydrogen) atoms. The van der Waals surface area contributed by atoms with Crippen LogP contribution in [0.4, 0.5) is 0 Å². The zero-order valence-corrected chi connectivity index (χ0v) is 11.0. The normalized spacial score (nSPS) is 11.1. The van der Waals surface area contributed by atoms with Crippen LogP contribution < -0.4 is 0 Å². The van der Waals surface area contributed by atoms with Gasteiger partial charge in [0.05, 0.1) is 12.0 Å². The van der Waals surface area contributed by atoms with Crippen molar-refractivity contribution in [2.24, 2.45) is 0 Å². The smallest absolute Gasteiger partial charge is 0.365 e. The molecule has 0 aliphatic carbocycles. The zero-order valence-electron chi connectivity index (χ0n) is 10.2. The average molecular weight is 266 g/mol. The van der Waals surface area contributed by atoms with Gasteiger partial charge in [-0.2, -0.15) is 0 Å². The highest BCUT2D eigenvalue weighted by atomic mass is 32.1. The van der Waals surface area contributed by atoms with Crippen molar-refractivity contribution in [2.75, 3.05) is 7.05 Å². The van der Waals surface area contributed by atoms with E-state index < -0.39 is 5.97 Å². The average Bonchev–Trinajstić information content (AvgIpc) is 2.89. The molecule has 6 heteroatoms. The van der Waals surface area contributed by atoms with Gasteiger partial charge in [-0.15, -0.1) is 11.3 Å². The minimum Gasteiger partial charge on any atom is -0.476 e. The molecule has 0 aliphatic rings. The second-order valence-corrected chi connectivity index (χ2v) is 4.98. The van der Waals surface area contributed by atoms with Crippen molar-refractivity contribution in [1.29, 1.82) is 0 Å². The molecular formula is C12H14N2O3S. The number of hydrogen-bond donors (Lipinski definition) is 1. The number of hydrogen-bond acceptors (Lipinski definition) is 5.